The molecule has 0 atom stereocenters. The molecular weight excluding hydrogens is 334 g/mol. The minimum absolute atomic E-state index is 0.333. The first kappa shape index (κ1) is 15.9. The van der Waals surface area contributed by atoms with Crippen LogP contribution in [0, 0.1) is 18.3 Å². The highest BCUT2D eigenvalue weighted by molar-refractivity contribution is 7.17. The Bertz CT molecular complexity index is 1020. The van der Waals surface area contributed by atoms with Crippen LogP contribution in [0.4, 0.5) is 0 Å². The number of rotatable bonds is 4. The van der Waals surface area contributed by atoms with Crippen LogP contribution in [-0.4, -0.2) is 22.5 Å². The van der Waals surface area contributed by atoms with E-state index in [1.807, 2.05) is 25.1 Å². The smallest absolute Gasteiger partial charge is 0.350 e. The summed E-state index contributed by atoms with van der Waals surface area (Å²) < 4.78 is 5.08. The number of nitriles is 1. The molecule has 0 radical (unpaired) electrons. The first-order chi connectivity index (χ1) is 12.1. The summed E-state index contributed by atoms with van der Waals surface area (Å²) in [5.41, 5.74) is 4.34. The van der Waals surface area contributed by atoms with Crippen molar-refractivity contribution in [1.82, 2.24) is 9.97 Å². The Labute approximate surface area is 149 Å². The summed E-state index contributed by atoms with van der Waals surface area (Å²) >= 11 is 1.33. The number of carbonyl (C=O) groups excluding carboxylic acids is 1. The predicted molar refractivity (Wildman–Crippen MR) is 96.8 cm³/mol. The molecule has 1 aromatic carbocycles. The normalized spacial score (nSPS) is 13.8. The van der Waals surface area contributed by atoms with Crippen LogP contribution in [0.25, 0.3) is 21.5 Å². The van der Waals surface area contributed by atoms with Crippen LogP contribution in [0.1, 0.15) is 52.3 Å². The molecule has 4 rings (SSSR count). The highest BCUT2D eigenvalue weighted by Crippen LogP contribution is 2.43. The van der Waals surface area contributed by atoms with Crippen LogP contribution in [0.5, 0.6) is 0 Å². The second-order valence-corrected chi connectivity index (χ2v) is 7.21. The number of thiazole rings is 1. The number of ether oxygens (including phenoxy) is 1. The molecule has 2 aromatic heterocycles. The molecule has 5 nitrogen and oxygen atoms in total. The van der Waals surface area contributed by atoms with Gasteiger partial charge in [0.15, 0.2) is 0 Å². The molecule has 25 heavy (non-hydrogen) atoms. The van der Waals surface area contributed by atoms with Gasteiger partial charge in [-0.1, -0.05) is 0 Å². The number of H-pyrrole nitrogens is 1. The lowest BCUT2D eigenvalue weighted by Gasteiger charge is -1.98. The zero-order chi connectivity index (χ0) is 17.6. The van der Waals surface area contributed by atoms with Gasteiger partial charge in [-0.05, 0) is 44.9 Å². The van der Waals surface area contributed by atoms with Crippen molar-refractivity contribution in [2.75, 3.05) is 6.61 Å². The Morgan fingerprint density at radius 2 is 2.28 bits per heavy atom. The molecule has 0 bridgehead atoms. The topological polar surface area (TPSA) is 78.8 Å². The van der Waals surface area contributed by atoms with Crippen molar-refractivity contribution in [2.24, 2.45) is 0 Å². The second kappa shape index (κ2) is 6.01. The SMILES string of the molecule is CCOC(=O)c1sc(-c2ccc3[nH]c(C4CC4)c(C#N)c3c2)nc1C. The molecular formula is C19H17N3O2S. The van der Waals surface area contributed by atoms with Gasteiger partial charge in [0.25, 0.3) is 0 Å². The number of hydrogen-bond donors (Lipinski definition) is 1. The van der Waals surface area contributed by atoms with Crippen molar-refractivity contribution in [2.45, 2.75) is 32.6 Å². The first-order valence-electron chi connectivity index (χ1n) is 8.33. The van der Waals surface area contributed by atoms with Crippen molar-refractivity contribution < 1.29 is 9.53 Å². The Hall–Kier alpha value is -2.65. The van der Waals surface area contributed by atoms with Gasteiger partial charge in [0.2, 0.25) is 0 Å². The summed E-state index contributed by atoms with van der Waals surface area (Å²) in [6.07, 6.45) is 2.28. The minimum Gasteiger partial charge on any atom is -0.462 e. The van der Waals surface area contributed by atoms with Gasteiger partial charge < -0.3 is 9.72 Å². The number of carbonyl (C=O) groups is 1. The highest BCUT2D eigenvalue weighted by atomic mass is 32.1. The van der Waals surface area contributed by atoms with Crippen molar-refractivity contribution in [3.8, 4) is 16.6 Å². The number of aromatic nitrogens is 2. The van der Waals surface area contributed by atoms with Gasteiger partial charge in [-0.25, -0.2) is 9.78 Å². The Kier molecular flexibility index (Phi) is 3.81. The fourth-order valence-corrected chi connectivity index (χ4v) is 4.01. The van der Waals surface area contributed by atoms with Crippen molar-refractivity contribution >= 4 is 28.2 Å². The summed E-state index contributed by atoms with van der Waals surface area (Å²) in [6, 6.07) is 8.30. The lowest BCUT2D eigenvalue weighted by Crippen LogP contribution is -2.03. The molecule has 1 N–H and O–H groups in total. The van der Waals surface area contributed by atoms with Gasteiger partial charge in [-0.15, -0.1) is 11.3 Å². The van der Waals surface area contributed by atoms with Gasteiger partial charge in [0, 0.05) is 28.1 Å². The molecule has 0 amide bonds. The van der Waals surface area contributed by atoms with Crippen LogP contribution >= 0.6 is 11.3 Å². The summed E-state index contributed by atoms with van der Waals surface area (Å²) in [4.78, 5) is 20.5. The average molecular weight is 351 g/mol. The molecule has 0 saturated heterocycles. The van der Waals surface area contributed by atoms with Crippen LogP contribution in [0.15, 0.2) is 18.2 Å². The number of nitrogens with zero attached hydrogens (tertiary/aromatic N) is 2. The van der Waals surface area contributed by atoms with Crippen LogP contribution in [0.3, 0.4) is 0 Å². The van der Waals surface area contributed by atoms with E-state index in [1.165, 1.54) is 11.3 Å². The van der Waals surface area contributed by atoms with Crippen LogP contribution in [-0.2, 0) is 4.74 Å². The molecule has 1 saturated carbocycles. The monoisotopic (exact) mass is 351 g/mol. The number of benzene rings is 1. The van der Waals surface area contributed by atoms with Gasteiger partial charge in [0.1, 0.15) is 16.0 Å². The summed E-state index contributed by atoms with van der Waals surface area (Å²) in [5.74, 6) is 0.156. The average Bonchev–Trinajstić information content (AvgIpc) is 3.27. The van der Waals surface area contributed by atoms with E-state index in [9.17, 15) is 10.1 Å². The molecule has 1 fully saturated rings. The summed E-state index contributed by atoms with van der Waals surface area (Å²) in [5, 5.41) is 11.3. The standard InChI is InChI=1S/C19H17N3O2S/c1-3-24-19(23)17-10(2)21-18(25-17)12-6-7-15-13(8-12)14(9-20)16(22-15)11-4-5-11/h6-8,11,22H,3-5H2,1-2H3. The Morgan fingerprint density at radius 3 is 2.96 bits per heavy atom. The maximum Gasteiger partial charge on any atom is 0.350 e. The van der Waals surface area contributed by atoms with E-state index in [0.29, 0.717) is 23.1 Å². The van der Waals surface area contributed by atoms with E-state index >= 15 is 0 Å². The van der Waals surface area contributed by atoms with Crippen molar-refractivity contribution in [3.63, 3.8) is 0 Å². The highest BCUT2D eigenvalue weighted by Gasteiger charge is 2.29. The third-order valence-electron chi connectivity index (χ3n) is 4.43. The molecule has 0 unspecified atom stereocenters. The lowest BCUT2D eigenvalue weighted by molar-refractivity contribution is 0.0531. The maximum absolute atomic E-state index is 12.0. The van der Waals surface area contributed by atoms with Crippen molar-refractivity contribution in [3.05, 3.63) is 40.0 Å². The molecule has 126 valence electrons. The van der Waals surface area contributed by atoms with E-state index in [2.05, 4.69) is 16.0 Å². The fourth-order valence-electron chi connectivity index (χ4n) is 3.05. The number of aryl methyl sites for hydroxylation is 1. The van der Waals surface area contributed by atoms with Gasteiger partial charge in [-0.3, -0.25) is 0 Å². The van der Waals surface area contributed by atoms with E-state index in [-0.39, 0.29) is 5.97 Å². The summed E-state index contributed by atoms with van der Waals surface area (Å²) in [6.45, 7) is 3.94. The molecule has 2 heterocycles. The van der Waals surface area contributed by atoms with E-state index in [1.54, 1.807) is 6.92 Å². The quantitative estimate of drug-likeness (QED) is 0.701. The fraction of sp³-hybridized carbons (Fsp3) is 0.316. The van der Waals surface area contributed by atoms with Gasteiger partial charge in [0.05, 0.1) is 17.9 Å². The molecule has 1 aliphatic rings. The molecule has 0 aliphatic heterocycles. The minimum atomic E-state index is -0.333. The number of hydrogen-bond acceptors (Lipinski definition) is 5. The van der Waals surface area contributed by atoms with E-state index < -0.39 is 0 Å². The molecule has 1 aliphatic carbocycles. The third kappa shape index (κ3) is 2.71. The third-order valence-corrected chi connectivity index (χ3v) is 5.62. The van der Waals surface area contributed by atoms with E-state index in [0.717, 1.165) is 45.6 Å². The zero-order valence-corrected chi connectivity index (χ0v) is 14.9. The number of aromatic amines is 1. The Morgan fingerprint density at radius 1 is 1.48 bits per heavy atom. The summed E-state index contributed by atoms with van der Waals surface area (Å²) in [7, 11) is 0. The first-order valence-corrected chi connectivity index (χ1v) is 9.14. The number of esters is 1. The molecule has 0 spiro atoms. The predicted octanol–water partition coefficient (Wildman–Crippen LogP) is 4.53. The van der Waals surface area contributed by atoms with Crippen LogP contribution < -0.4 is 0 Å². The number of nitrogens with one attached hydrogen (secondary N) is 1. The Balaban J connectivity index is 1.78. The van der Waals surface area contributed by atoms with E-state index in [4.69, 9.17) is 4.74 Å². The van der Waals surface area contributed by atoms with Crippen LogP contribution in [0.2, 0.25) is 0 Å². The lowest BCUT2D eigenvalue weighted by atomic mass is 10.1. The molecule has 6 heteroatoms. The van der Waals surface area contributed by atoms with Gasteiger partial charge in [-0.2, -0.15) is 5.26 Å². The van der Waals surface area contributed by atoms with Crippen molar-refractivity contribution in [1.29, 1.82) is 5.26 Å². The number of fused-ring (bicyclic) bond motifs is 1. The van der Waals surface area contributed by atoms with Gasteiger partial charge >= 0.3 is 5.97 Å². The molecule has 3 aromatic rings. The zero-order valence-electron chi connectivity index (χ0n) is 14.0. The second-order valence-electron chi connectivity index (χ2n) is 6.21. The largest absolute Gasteiger partial charge is 0.462 e. The maximum atomic E-state index is 12.0.